The van der Waals surface area contributed by atoms with Gasteiger partial charge in [-0.2, -0.15) is 0 Å². The summed E-state index contributed by atoms with van der Waals surface area (Å²) in [5.41, 5.74) is 0. The van der Waals surface area contributed by atoms with Crippen molar-refractivity contribution in [3.8, 4) is 0 Å². The van der Waals surface area contributed by atoms with E-state index in [1.807, 2.05) is 0 Å². The minimum atomic E-state index is 0.953. The van der Waals surface area contributed by atoms with Crippen molar-refractivity contribution in [1.29, 1.82) is 0 Å². The summed E-state index contributed by atoms with van der Waals surface area (Å²) in [5.74, 6) is 3.88. The van der Waals surface area contributed by atoms with Gasteiger partial charge in [0.1, 0.15) is 0 Å². The highest BCUT2D eigenvalue weighted by Gasteiger charge is 2.38. The second kappa shape index (κ2) is 15.5. The smallest absolute Gasteiger partial charge is 0.00127 e. The number of piperidine rings is 2. The SMILES string of the molecule is C1=C\CCCC[C@H]2CN3CCCC/C=C/CCCC[C@@H]4C[C@@H](CN(CCCCCC/1)C4)[C@@H]2CC3. The van der Waals surface area contributed by atoms with Gasteiger partial charge in [0.25, 0.3) is 0 Å². The van der Waals surface area contributed by atoms with E-state index in [9.17, 15) is 0 Å². The summed E-state index contributed by atoms with van der Waals surface area (Å²) >= 11 is 0. The molecule has 0 amide bonds. The van der Waals surface area contributed by atoms with Crippen molar-refractivity contribution in [2.45, 2.75) is 116 Å². The first-order valence-corrected chi connectivity index (χ1v) is 15.6. The molecule has 2 nitrogen and oxygen atoms in total. The van der Waals surface area contributed by atoms with Crippen molar-refractivity contribution in [2.24, 2.45) is 23.7 Å². The molecule has 0 aromatic rings. The van der Waals surface area contributed by atoms with Gasteiger partial charge >= 0.3 is 0 Å². The van der Waals surface area contributed by atoms with E-state index < -0.39 is 0 Å². The Bertz CT molecular complexity index is 596. The fourth-order valence-corrected chi connectivity index (χ4v) is 7.69. The number of hydrogen-bond donors (Lipinski definition) is 0. The summed E-state index contributed by atoms with van der Waals surface area (Å²) in [6.07, 6.45) is 35.3. The highest BCUT2D eigenvalue weighted by Crippen LogP contribution is 2.40. The Morgan fingerprint density at radius 2 is 1.03 bits per heavy atom. The molecule has 0 aliphatic carbocycles. The summed E-state index contributed by atoms with van der Waals surface area (Å²) < 4.78 is 0. The van der Waals surface area contributed by atoms with Gasteiger partial charge in [-0.1, -0.05) is 50.0 Å². The molecule has 2 saturated heterocycles. The van der Waals surface area contributed by atoms with Crippen molar-refractivity contribution in [2.75, 3.05) is 39.3 Å². The van der Waals surface area contributed by atoms with Crippen molar-refractivity contribution in [3.63, 3.8) is 0 Å². The number of hydrogen-bond acceptors (Lipinski definition) is 2. The van der Waals surface area contributed by atoms with Crippen LogP contribution in [0.15, 0.2) is 24.3 Å². The maximum absolute atomic E-state index is 2.94. The maximum atomic E-state index is 2.94. The van der Waals surface area contributed by atoms with E-state index >= 15 is 0 Å². The molecule has 2 heteroatoms. The quantitative estimate of drug-likeness (QED) is 0.330. The van der Waals surface area contributed by atoms with Crippen LogP contribution in [-0.2, 0) is 0 Å². The Labute approximate surface area is 212 Å². The molecule has 0 aromatic carbocycles. The molecule has 194 valence electrons. The lowest BCUT2D eigenvalue weighted by molar-refractivity contribution is 0.0186. The molecular weight excluding hydrogens is 412 g/mol. The van der Waals surface area contributed by atoms with Gasteiger partial charge in [-0.15, -0.1) is 0 Å². The van der Waals surface area contributed by atoms with Crippen LogP contribution in [0.3, 0.4) is 0 Å². The topological polar surface area (TPSA) is 6.48 Å². The highest BCUT2D eigenvalue weighted by atomic mass is 15.1. The monoisotopic (exact) mass is 468 g/mol. The fraction of sp³-hybridized carbons (Fsp3) is 0.875. The number of nitrogens with zero attached hydrogens (tertiary/aromatic N) is 2. The summed E-state index contributed by atoms with van der Waals surface area (Å²) in [4.78, 5) is 5.80. The van der Waals surface area contributed by atoms with Crippen LogP contribution in [-0.4, -0.2) is 49.1 Å². The van der Waals surface area contributed by atoms with E-state index in [0.29, 0.717) is 0 Å². The zero-order chi connectivity index (χ0) is 23.3. The minimum Gasteiger partial charge on any atom is -0.303 e. The normalized spacial score (nSPS) is 39.8. The van der Waals surface area contributed by atoms with E-state index in [-0.39, 0.29) is 0 Å². The standard InChI is InChI=1S/C32H56N2/c1-2-5-10-14-18-23-34-26-29-19-15-11-7-4-6-9-13-17-22-33-24-21-32(31(25-29)28-34)30(27-33)20-16-12-8-3-1/h1,3-4,6,29-32H,2,5,7-28H2/b3-1-,6-4+/t29-,30+,31+,32-/m1/s1. The molecule has 2 unspecified atom stereocenters. The average molecular weight is 469 g/mol. The van der Waals surface area contributed by atoms with Crippen LogP contribution in [0.2, 0.25) is 0 Å². The summed E-state index contributed by atoms with van der Waals surface area (Å²) in [5, 5.41) is 0. The summed E-state index contributed by atoms with van der Waals surface area (Å²) in [6.45, 7) is 8.31. The molecule has 34 heavy (non-hydrogen) atoms. The Hall–Kier alpha value is -0.600. The Balaban J connectivity index is 1.47. The number of allylic oxidation sites excluding steroid dienone is 4. The van der Waals surface area contributed by atoms with Crippen LogP contribution in [0.5, 0.6) is 0 Å². The summed E-state index contributed by atoms with van der Waals surface area (Å²) in [6, 6.07) is 0. The average Bonchev–Trinajstić information content (AvgIpc) is 2.85. The van der Waals surface area contributed by atoms with Gasteiger partial charge in [0, 0.05) is 19.6 Å². The van der Waals surface area contributed by atoms with Gasteiger partial charge in [-0.3, -0.25) is 0 Å². The van der Waals surface area contributed by atoms with Crippen LogP contribution < -0.4 is 0 Å². The first-order chi connectivity index (χ1) is 16.9. The molecular formula is C32H56N2. The molecule has 6 bridgehead atoms. The van der Waals surface area contributed by atoms with Crippen molar-refractivity contribution >= 4 is 0 Å². The first kappa shape index (κ1) is 26.5. The molecule has 0 radical (unpaired) electrons. The van der Waals surface area contributed by atoms with E-state index in [0.717, 1.165) is 23.7 Å². The molecule has 0 N–H and O–H groups in total. The van der Waals surface area contributed by atoms with E-state index in [2.05, 4.69) is 34.1 Å². The molecule has 5 heterocycles. The Morgan fingerprint density at radius 3 is 1.82 bits per heavy atom. The predicted molar refractivity (Wildman–Crippen MR) is 148 cm³/mol. The Kier molecular flexibility index (Phi) is 12.1. The molecule has 0 spiro atoms. The molecule has 5 aliphatic heterocycles. The van der Waals surface area contributed by atoms with Crippen LogP contribution >= 0.6 is 0 Å². The number of rotatable bonds is 0. The second-order valence-corrected chi connectivity index (χ2v) is 12.3. The molecule has 6 atom stereocenters. The number of fused-ring (bicyclic) bond motifs is 10. The van der Waals surface area contributed by atoms with Gasteiger partial charge in [0.15, 0.2) is 0 Å². The van der Waals surface area contributed by atoms with Crippen LogP contribution in [0.25, 0.3) is 0 Å². The Morgan fingerprint density at radius 1 is 0.441 bits per heavy atom. The third kappa shape index (κ3) is 9.12. The van der Waals surface area contributed by atoms with Gasteiger partial charge in [-0.05, 0) is 133 Å². The first-order valence-electron chi connectivity index (χ1n) is 15.6. The third-order valence-electron chi connectivity index (χ3n) is 9.58. The molecule has 0 aromatic heterocycles. The molecule has 5 rings (SSSR count). The van der Waals surface area contributed by atoms with Gasteiger partial charge in [0.2, 0.25) is 0 Å². The van der Waals surface area contributed by atoms with Gasteiger partial charge in [-0.25, -0.2) is 0 Å². The largest absolute Gasteiger partial charge is 0.303 e. The lowest BCUT2D eigenvalue weighted by Gasteiger charge is -2.47. The van der Waals surface area contributed by atoms with Crippen LogP contribution in [0.4, 0.5) is 0 Å². The van der Waals surface area contributed by atoms with Crippen LogP contribution in [0.1, 0.15) is 116 Å². The molecule has 5 aliphatic rings. The molecule has 2 fully saturated rings. The van der Waals surface area contributed by atoms with Crippen molar-refractivity contribution in [1.82, 2.24) is 9.80 Å². The minimum absolute atomic E-state index is 0.953. The van der Waals surface area contributed by atoms with Crippen molar-refractivity contribution in [3.05, 3.63) is 24.3 Å². The molecule has 0 saturated carbocycles. The van der Waals surface area contributed by atoms with Gasteiger partial charge < -0.3 is 9.80 Å². The van der Waals surface area contributed by atoms with E-state index in [4.69, 9.17) is 0 Å². The zero-order valence-corrected chi connectivity index (χ0v) is 22.5. The van der Waals surface area contributed by atoms with Crippen LogP contribution in [0, 0.1) is 23.7 Å². The van der Waals surface area contributed by atoms with E-state index in [1.165, 1.54) is 155 Å². The highest BCUT2D eigenvalue weighted by molar-refractivity contribution is 4.91. The summed E-state index contributed by atoms with van der Waals surface area (Å²) in [7, 11) is 0. The van der Waals surface area contributed by atoms with Gasteiger partial charge in [0.05, 0.1) is 0 Å². The lowest BCUT2D eigenvalue weighted by atomic mass is 9.69. The fourth-order valence-electron chi connectivity index (χ4n) is 7.69. The lowest BCUT2D eigenvalue weighted by Crippen LogP contribution is -2.49. The third-order valence-corrected chi connectivity index (χ3v) is 9.58. The van der Waals surface area contributed by atoms with Crippen molar-refractivity contribution < 1.29 is 0 Å². The predicted octanol–water partition coefficient (Wildman–Crippen LogP) is 8.24. The zero-order valence-electron chi connectivity index (χ0n) is 22.5. The van der Waals surface area contributed by atoms with E-state index in [1.54, 1.807) is 0 Å². The maximum Gasteiger partial charge on any atom is 0.00127 e. The second-order valence-electron chi connectivity index (χ2n) is 12.3.